The van der Waals surface area contributed by atoms with Gasteiger partial charge in [0.1, 0.15) is 5.75 Å². The molecular formula is C13H9F6NO3. The molecule has 0 spiro atoms. The molecule has 1 rings (SSSR count). The van der Waals surface area contributed by atoms with E-state index in [-0.39, 0.29) is 6.61 Å². The van der Waals surface area contributed by atoms with Crippen molar-refractivity contribution in [1.82, 2.24) is 0 Å². The van der Waals surface area contributed by atoms with Crippen molar-refractivity contribution in [2.24, 2.45) is 0 Å². The Balaban J connectivity index is 3.51. The average molecular weight is 341 g/mol. The first-order valence-electron chi connectivity index (χ1n) is 6.03. The monoisotopic (exact) mass is 341 g/mol. The lowest BCUT2D eigenvalue weighted by Crippen LogP contribution is -2.22. The van der Waals surface area contributed by atoms with Crippen molar-refractivity contribution in [1.29, 1.82) is 5.26 Å². The Morgan fingerprint density at radius 2 is 1.83 bits per heavy atom. The van der Waals surface area contributed by atoms with E-state index < -0.39 is 47.4 Å². The number of alkyl halides is 6. The standard InChI is InChI=1S/C13H9F6NO3/c1-2-22-11(21)5-8-9(12(14,15)16)3-7(6-20)4-10(8)23-13(17,18)19/h3-4H,2,5H2,1H3. The van der Waals surface area contributed by atoms with E-state index >= 15 is 0 Å². The maximum Gasteiger partial charge on any atom is 0.573 e. The van der Waals surface area contributed by atoms with Gasteiger partial charge in [0.05, 0.1) is 30.2 Å². The summed E-state index contributed by atoms with van der Waals surface area (Å²) in [6, 6.07) is 2.14. The fraction of sp³-hybridized carbons (Fsp3) is 0.385. The molecular weight excluding hydrogens is 332 g/mol. The van der Waals surface area contributed by atoms with Crippen LogP contribution in [0.25, 0.3) is 0 Å². The van der Waals surface area contributed by atoms with E-state index in [2.05, 4.69) is 9.47 Å². The molecule has 10 heteroatoms. The third-order valence-electron chi connectivity index (χ3n) is 2.50. The van der Waals surface area contributed by atoms with Crippen LogP contribution < -0.4 is 4.74 Å². The van der Waals surface area contributed by atoms with Gasteiger partial charge in [-0.05, 0) is 19.1 Å². The number of halogens is 6. The summed E-state index contributed by atoms with van der Waals surface area (Å²) in [6.45, 7) is 1.22. The highest BCUT2D eigenvalue weighted by Crippen LogP contribution is 2.39. The molecule has 1 aromatic carbocycles. The summed E-state index contributed by atoms with van der Waals surface area (Å²) >= 11 is 0. The predicted molar refractivity (Wildman–Crippen MR) is 63.2 cm³/mol. The molecule has 0 fully saturated rings. The summed E-state index contributed by atoms with van der Waals surface area (Å²) in [6.07, 6.45) is -11.5. The molecule has 0 saturated carbocycles. The van der Waals surface area contributed by atoms with Gasteiger partial charge in [-0.15, -0.1) is 13.2 Å². The van der Waals surface area contributed by atoms with Crippen LogP contribution in [0.15, 0.2) is 12.1 Å². The number of rotatable bonds is 4. The zero-order chi connectivity index (χ0) is 17.8. The SMILES string of the molecule is CCOC(=O)Cc1c(OC(F)(F)F)cc(C#N)cc1C(F)(F)F. The smallest absolute Gasteiger partial charge is 0.466 e. The minimum absolute atomic E-state index is 0.161. The first-order valence-corrected chi connectivity index (χ1v) is 6.03. The summed E-state index contributed by atoms with van der Waals surface area (Å²) in [5, 5.41) is 8.66. The highest BCUT2D eigenvalue weighted by molar-refractivity contribution is 5.74. The number of nitriles is 1. The highest BCUT2D eigenvalue weighted by Gasteiger charge is 2.39. The van der Waals surface area contributed by atoms with Crippen LogP contribution in [-0.2, 0) is 22.1 Å². The molecule has 0 aliphatic heterocycles. The van der Waals surface area contributed by atoms with Crippen LogP contribution >= 0.6 is 0 Å². The summed E-state index contributed by atoms with van der Waals surface area (Å²) in [7, 11) is 0. The largest absolute Gasteiger partial charge is 0.573 e. The van der Waals surface area contributed by atoms with Gasteiger partial charge in [-0.25, -0.2) is 0 Å². The van der Waals surface area contributed by atoms with Crippen LogP contribution in [0.4, 0.5) is 26.3 Å². The molecule has 23 heavy (non-hydrogen) atoms. The Labute approximate surface area is 126 Å². The number of nitrogens with zero attached hydrogens (tertiary/aromatic N) is 1. The molecule has 0 amide bonds. The van der Waals surface area contributed by atoms with Gasteiger partial charge >= 0.3 is 18.5 Å². The van der Waals surface area contributed by atoms with Gasteiger partial charge in [0.15, 0.2) is 0 Å². The van der Waals surface area contributed by atoms with E-state index in [1.165, 1.54) is 13.0 Å². The maximum absolute atomic E-state index is 13.0. The number of carbonyl (C=O) groups is 1. The Hall–Kier alpha value is -2.44. The lowest BCUT2D eigenvalue weighted by molar-refractivity contribution is -0.275. The minimum atomic E-state index is -5.29. The number of hydrogen-bond acceptors (Lipinski definition) is 4. The van der Waals surface area contributed by atoms with Gasteiger partial charge in [0, 0.05) is 5.56 Å². The molecule has 1 aromatic rings. The van der Waals surface area contributed by atoms with Gasteiger partial charge < -0.3 is 9.47 Å². The van der Waals surface area contributed by atoms with Crippen molar-refractivity contribution in [2.45, 2.75) is 25.9 Å². The second kappa shape index (κ2) is 6.76. The molecule has 0 bridgehead atoms. The van der Waals surface area contributed by atoms with E-state index in [1.54, 1.807) is 0 Å². The molecule has 0 radical (unpaired) electrons. The predicted octanol–water partition coefficient (Wildman–Crippen LogP) is 3.58. The summed E-state index contributed by atoms with van der Waals surface area (Å²) in [5.74, 6) is -2.42. The Kier molecular flexibility index (Phi) is 5.47. The quantitative estimate of drug-likeness (QED) is 0.620. The van der Waals surface area contributed by atoms with Crippen molar-refractivity contribution < 1.29 is 40.6 Å². The number of hydrogen-bond donors (Lipinski definition) is 0. The molecule has 4 nitrogen and oxygen atoms in total. The van der Waals surface area contributed by atoms with E-state index in [9.17, 15) is 31.1 Å². The van der Waals surface area contributed by atoms with Crippen molar-refractivity contribution in [3.63, 3.8) is 0 Å². The van der Waals surface area contributed by atoms with Gasteiger partial charge in [-0.1, -0.05) is 0 Å². The fourth-order valence-electron chi connectivity index (χ4n) is 1.72. The van der Waals surface area contributed by atoms with Crippen molar-refractivity contribution in [2.75, 3.05) is 6.61 Å². The minimum Gasteiger partial charge on any atom is -0.466 e. The van der Waals surface area contributed by atoms with Crippen LogP contribution in [-0.4, -0.2) is 18.9 Å². The number of benzene rings is 1. The lowest BCUT2D eigenvalue weighted by atomic mass is 9.99. The van der Waals surface area contributed by atoms with Gasteiger partial charge in [0.2, 0.25) is 0 Å². The lowest BCUT2D eigenvalue weighted by Gasteiger charge is -2.18. The zero-order valence-corrected chi connectivity index (χ0v) is 11.5. The van der Waals surface area contributed by atoms with E-state index in [0.29, 0.717) is 12.1 Å². The van der Waals surface area contributed by atoms with Crippen molar-refractivity contribution in [3.05, 3.63) is 28.8 Å². The molecule has 0 heterocycles. The van der Waals surface area contributed by atoms with Gasteiger partial charge in [0.25, 0.3) is 0 Å². The van der Waals surface area contributed by atoms with E-state index in [1.807, 2.05) is 0 Å². The third-order valence-corrected chi connectivity index (χ3v) is 2.50. The fourth-order valence-corrected chi connectivity index (χ4v) is 1.72. The summed E-state index contributed by atoms with van der Waals surface area (Å²) in [5.41, 5.74) is -3.31. The Bertz CT molecular complexity index is 630. The first kappa shape index (κ1) is 18.6. The molecule has 0 N–H and O–H groups in total. The second-order valence-corrected chi connectivity index (χ2v) is 4.14. The van der Waals surface area contributed by atoms with Gasteiger partial charge in [-0.3, -0.25) is 4.79 Å². The highest BCUT2D eigenvalue weighted by atomic mass is 19.4. The van der Waals surface area contributed by atoms with Crippen molar-refractivity contribution in [3.8, 4) is 11.8 Å². The van der Waals surface area contributed by atoms with Crippen LogP contribution in [0.5, 0.6) is 5.75 Å². The van der Waals surface area contributed by atoms with Crippen LogP contribution in [0, 0.1) is 11.3 Å². The van der Waals surface area contributed by atoms with Gasteiger partial charge in [-0.2, -0.15) is 18.4 Å². The third kappa shape index (κ3) is 5.36. The number of esters is 1. The second-order valence-electron chi connectivity index (χ2n) is 4.14. The Morgan fingerprint density at radius 1 is 1.22 bits per heavy atom. The average Bonchev–Trinajstić information content (AvgIpc) is 2.37. The van der Waals surface area contributed by atoms with E-state index in [4.69, 9.17) is 5.26 Å². The summed E-state index contributed by atoms with van der Waals surface area (Å²) < 4.78 is 84.1. The number of ether oxygens (including phenoxy) is 2. The molecule has 0 saturated heterocycles. The van der Waals surface area contributed by atoms with Crippen molar-refractivity contribution >= 4 is 5.97 Å². The molecule has 0 unspecified atom stereocenters. The van der Waals surface area contributed by atoms with Crippen LogP contribution in [0.1, 0.15) is 23.6 Å². The molecule has 0 aliphatic carbocycles. The summed E-state index contributed by atoms with van der Waals surface area (Å²) in [4.78, 5) is 11.4. The zero-order valence-electron chi connectivity index (χ0n) is 11.5. The topological polar surface area (TPSA) is 59.3 Å². The first-order chi connectivity index (χ1) is 10.5. The Morgan fingerprint density at radius 3 is 2.26 bits per heavy atom. The normalized spacial score (nSPS) is 11.7. The molecule has 126 valence electrons. The molecule has 0 atom stereocenters. The molecule has 0 aliphatic rings. The van der Waals surface area contributed by atoms with Crippen LogP contribution in [0.2, 0.25) is 0 Å². The number of carbonyl (C=O) groups excluding carboxylic acids is 1. The maximum atomic E-state index is 13.0. The van der Waals surface area contributed by atoms with E-state index in [0.717, 1.165) is 0 Å². The van der Waals surface area contributed by atoms with Crippen LogP contribution in [0.3, 0.4) is 0 Å². The molecule has 0 aromatic heterocycles.